The lowest BCUT2D eigenvalue weighted by Crippen LogP contribution is -2.62. The Kier molecular flexibility index (Phi) is 3.10. The summed E-state index contributed by atoms with van der Waals surface area (Å²) in [7, 11) is 0. The van der Waals surface area contributed by atoms with E-state index in [1.54, 1.807) is 0 Å². The molecule has 14 heavy (non-hydrogen) atoms. The molecule has 0 radical (unpaired) electrons. The smallest absolute Gasteiger partial charge is 0.0927 e. The fourth-order valence-corrected chi connectivity index (χ4v) is 2.92. The lowest BCUT2D eigenvalue weighted by atomic mass is 9.79. The SMILES string of the molecule is CCC1NC2CC(OCC2O)C1CC. The van der Waals surface area contributed by atoms with E-state index >= 15 is 0 Å². The molecule has 3 heteroatoms. The second-order valence-corrected chi connectivity index (χ2v) is 4.53. The fraction of sp³-hybridized carbons (Fsp3) is 1.00. The quantitative estimate of drug-likeness (QED) is 0.694. The van der Waals surface area contributed by atoms with E-state index in [1.165, 1.54) is 6.42 Å². The van der Waals surface area contributed by atoms with E-state index < -0.39 is 0 Å². The third-order valence-corrected chi connectivity index (χ3v) is 3.77. The number of fused-ring (bicyclic) bond motifs is 2. The van der Waals surface area contributed by atoms with Crippen LogP contribution in [-0.2, 0) is 4.74 Å². The second kappa shape index (κ2) is 4.17. The van der Waals surface area contributed by atoms with Crippen LogP contribution in [-0.4, -0.2) is 36.0 Å². The molecule has 0 spiro atoms. The first-order chi connectivity index (χ1) is 6.76. The maximum Gasteiger partial charge on any atom is 0.0927 e. The van der Waals surface area contributed by atoms with Gasteiger partial charge < -0.3 is 15.2 Å². The number of rotatable bonds is 2. The van der Waals surface area contributed by atoms with Crippen molar-refractivity contribution in [2.24, 2.45) is 5.92 Å². The topological polar surface area (TPSA) is 41.5 Å². The van der Waals surface area contributed by atoms with Crippen molar-refractivity contribution >= 4 is 0 Å². The first kappa shape index (κ1) is 10.4. The minimum absolute atomic E-state index is 0.265. The highest BCUT2D eigenvalue weighted by molar-refractivity contribution is 4.97. The van der Waals surface area contributed by atoms with Crippen molar-refractivity contribution in [3.8, 4) is 0 Å². The minimum atomic E-state index is -0.307. The van der Waals surface area contributed by atoms with E-state index in [2.05, 4.69) is 19.2 Å². The number of aliphatic hydroxyl groups is 1. The number of ether oxygens (including phenoxy) is 1. The average Bonchev–Trinajstić information content (AvgIpc) is 2.23. The highest BCUT2D eigenvalue weighted by atomic mass is 16.5. The highest BCUT2D eigenvalue weighted by Gasteiger charge is 2.42. The standard InChI is InChI=1S/C11H21NO2/c1-3-7-8(4-2)12-9-5-11(7)14-6-10(9)13/h7-13H,3-6H2,1-2H3. The van der Waals surface area contributed by atoms with Gasteiger partial charge in [-0.15, -0.1) is 0 Å². The number of aliphatic hydroxyl groups excluding tert-OH is 1. The van der Waals surface area contributed by atoms with E-state index in [1.807, 2.05) is 0 Å². The van der Waals surface area contributed by atoms with Gasteiger partial charge >= 0.3 is 0 Å². The van der Waals surface area contributed by atoms with Crippen LogP contribution in [0.3, 0.4) is 0 Å². The Balaban J connectivity index is 2.08. The maximum absolute atomic E-state index is 9.71. The Morgan fingerprint density at radius 1 is 1.36 bits per heavy atom. The van der Waals surface area contributed by atoms with Gasteiger partial charge in [-0.1, -0.05) is 13.8 Å². The summed E-state index contributed by atoms with van der Waals surface area (Å²) in [6, 6.07) is 0.792. The van der Waals surface area contributed by atoms with Crippen LogP contribution in [0.4, 0.5) is 0 Å². The van der Waals surface area contributed by atoms with Crippen LogP contribution in [0.1, 0.15) is 33.1 Å². The summed E-state index contributed by atoms with van der Waals surface area (Å²) >= 11 is 0. The lowest BCUT2D eigenvalue weighted by Gasteiger charge is -2.47. The van der Waals surface area contributed by atoms with Crippen LogP contribution in [0.15, 0.2) is 0 Å². The number of hydrogen-bond donors (Lipinski definition) is 2. The zero-order chi connectivity index (χ0) is 10.1. The number of hydrogen-bond acceptors (Lipinski definition) is 3. The molecule has 82 valence electrons. The Bertz CT molecular complexity index is 196. The molecule has 3 nitrogen and oxygen atoms in total. The molecule has 0 aromatic carbocycles. The summed E-state index contributed by atoms with van der Waals surface area (Å²) in [5, 5.41) is 13.3. The van der Waals surface area contributed by atoms with Crippen molar-refractivity contribution in [1.29, 1.82) is 0 Å². The maximum atomic E-state index is 9.71. The first-order valence-corrected chi connectivity index (χ1v) is 5.82. The minimum Gasteiger partial charge on any atom is -0.389 e. The summed E-state index contributed by atoms with van der Waals surface area (Å²) in [4.78, 5) is 0. The van der Waals surface area contributed by atoms with Gasteiger partial charge in [-0.05, 0) is 19.3 Å². The Morgan fingerprint density at radius 2 is 2.14 bits per heavy atom. The van der Waals surface area contributed by atoms with Crippen molar-refractivity contribution in [2.75, 3.05) is 6.61 Å². The summed E-state index contributed by atoms with van der Waals surface area (Å²) in [5.41, 5.74) is 0. The molecular formula is C11H21NO2. The van der Waals surface area contributed by atoms with E-state index in [0.717, 1.165) is 12.8 Å². The van der Waals surface area contributed by atoms with E-state index in [0.29, 0.717) is 24.7 Å². The molecule has 2 rings (SSSR count). The van der Waals surface area contributed by atoms with Gasteiger partial charge in [0.25, 0.3) is 0 Å². The highest BCUT2D eigenvalue weighted by Crippen LogP contribution is 2.32. The van der Waals surface area contributed by atoms with E-state index in [9.17, 15) is 5.11 Å². The van der Waals surface area contributed by atoms with Gasteiger partial charge in [-0.25, -0.2) is 0 Å². The van der Waals surface area contributed by atoms with E-state index in [4.69, 9.17) is 4.74 Å². The summed E-state index contributed by atoms with van der Waals surface area (Å²) < 4.78 is 5.71. The van der Waals surface area contributed by atoms with Gasteiger partial charge in [-0.3, -0.25) is 0 Å². The van der Waals surface area contributed by atoms with Crippen LogP contribution in [0, 0.1) is 5.92 Å². The molecule has 0 aliphatic carbocycles. The fourth-order valence-electron chi connectivity index (χ4n) is 2.92. The molecule has 0 aromatic heterocycles. The lowest BCUT2D eigenvalue weighted by molar-refractivity contribution is -0.126. The molecule has 0 amide bonds. The predicted molar refractivity (Wildman–Crippen MR) is 55.1 cm³/mol. The van der Waals surface area contributed by atoms with Crippen LogP contribution in [0.25, 0.3) is 0 Å². The third kappa shape index (κ3) is 1.69. The second-order valence-electron chi connectivity index (χ2n) is 4.53. The molecule has 2 bridgehead atoms. The number of piperidine rings is 1. The largest absolute Gasteiger partial charge is 0.389 e. The van der Waals surface area contributed by atoms with Crippen molar-refractivity contribution in [2.45, 2.75) is 57.4 Å². The molecule has 2 aliphatic rings. The van der Waals surface area contributed by atoms with Gasteiger partial charge in [0.2, 0.25) is 0 Å². The molecule has 2 N–H and O–H groups in total. The predicted octanol–water partition coefficient (Wildman–Crippen LogP) is 0.913. The van der Waals surface area contributed by atoms with Gasteiger partial charge in [0.15, 0.2) is 0 Å². The van der Waals surface area contributed by atoms with Crippen LogP contribution >= 0.6 is 0 Å². The van der Waals surface area contributed by atoms with E-state index in [-0.39, 0.29) is 12.1 Å². The molecule has 2 fully saturated rings. The summed E-state index contributed by atoms with van der Waals surface area (Å²) in [5.74, 6) is 0.628. The zero-order valence-electron chi connectivity index (χ0n) is 9.07. The van der Waals surface area contributed by atoms with Crippen LogP contribution in [0.2, 0.25) is 0 Å². The van der Waals surface area contributed by atoms with Gasteiger partial charge in [0.1, 0.15) is 0 Å². The molecule has 5 atom stereocenters. The Morgan fingerprint density at radius 3 is 2.79 bits per heavy atom. The molecule has 2 heterocycles. The van der Waals surface area contributed by atoms with Gasteiger partial charge in [0, 0.05) is 18.0 Å². The van der Waals surface area contributed by atoms with Gasteiger partial charge in [0.05, 0.1) is 18.8 Å². The van der Waals surface area contributed by atoms with Crippen molar-refractivity contribution < 1.29 is 9.84 Å². The third-order valence-electron chi connectivity index (χ3n) is 3.77. The normalized spacial score (nSPS) is 47.8. The average molecular weight is 199 g/mol. The first-order valence-electron chi connectivity index (χ1n) is 5.82. The molecular weight excluding hydrogens is 178 g/mol. The molecule has 2 aliphatic heterocycles. The summed E-state index contributed by atoms with van der Waals surface area (Å²) in [6.07, 6.45) is 3.34. The Labute approximate surface area is 85.8 Å². The Hall–Kier alpha value is -0.120. The van der Waals surface area contributed by atoms with Crippen LogP contribution in [0.5, 0.6) is 0 Å². The van der Waals surface area contributed by atoms with Crippen molar-refractivity contribution in [1.82, 2.24) is 5.32 Å². The molecule has 0 saturated carbocycles. The van der Waals surface area contributed by atoms with Gasteiger partial charge in [-0.2, -0.15) is 0 Å². The number of nitrogens with one attached hydrogen (secondary N) is 1. The van der Waals surface area contributed by atoms with Crippen molar-refractivity contribution in [3.05, 3.63) is 0 Å². The monoisotopic (exact) mass is 199 g/mol. The zero-order valence-corrected chi connectivity index (χ0v) is 9.07. The molecule has 5 unspecified atom stereocenters. The van der Waals surface area contributed by atoms with Crippen molar-refractivity contribution in [3.63, 3.8) is 0 Å². The summed E-state index contributed by atoms with van der Waals surface area (Å²) in [6.45, 7) is 4.94. The van der Waals surface area contributed by atoms with Crippen LogP contribution < -0.4 is 5.32 Å². The molecule has 0 aromatic rings. The molecule has 2 saturated heterocycles.